The molecule has 1 amide bonds. The van der Waals surface area contributed by atoms with Crippen molar-refractivity contribution < 1.29 is 18.4 Å². The second-order valence-electron chi connectivity index (χ2n) is 8.48. The van der Waals surface area contributed by atoms with Crippen LogP contribution in [0.3, 0.4) is 0 Å². The molecule has 3 aromatic rings. The quantitative estimate of drug-likeness (QED) is 0.502. The first-order valence-corrected chi connectivity index (χ1v) is 11.4. The van der Waals surface area contributed by atoms with Gasteiger partial charge in [-0.05, 0) is 44.5 Å². The van der Waals surface area contributed by atoms with E-state index >= 15 is 0 Å². The molecule has 0 aliphatic carbocycles. The van der Waals surface area contributed by atoms with Crippen LogP contribution < -0.4 is 4.90 Å². The van der Waals surface area contributed by atoms with Crippen LogP contribution in [-0.4, -0.2) is 48.3 Å². The van der Waals surface area contributed by atoms with Crippen LogP contribution in [0.5, 0.6) is 0 Å². The Kier molecular flexibility index (Phi) is 7.08. The Morgan fingerprint density at radius 1 is 1.18 bits per heavy atom. The maximum Gasteiger partial charge on any atom is 0.254 e. The highest BCUT2D eigenvalue weighted by Crippen LogP contribution is 2.34. The minimum absolute atomic E-state index is 0.0569. The lowest BCUT2D eigenvalue weighted by molar-refractivity contribution is 0.0671. The summed E-state index contributed by atoms with van der Waals surface area (Å²) in [6, 6.07) is 13.9. The second-order valence-corrected chi connectivity index (χ2v) is 8.48. The van der Waals surface area contributed by atoms with E-state index in [2.05, 4.69) is 16.1 Å². The number of benzene rings is 2. The number of aromatic nitrogens is 1. The average molecular weight is 452 g/mol. The minimum atomic E-state index is -0.426. The Labute approximate surface area is 193 Å². The number of nitrogens with zero attached hydrogens (tertiary/aromatic N) is 3. The van der Waals surface area contributed by atoms with Crippen molar-refractivity contribution in [2.24, 2.45) is 0 Å². The fourth-order valence-electron chi connectivity index (χ4n) is 4.08. The number of rotatable bonds is 7. The predicted octanol–water partition coefficient (Wildman–Crippen LogP) is 5.07. The van der Waals surface area contributed by atoms with Gasteiger partial charge < -0.3 is 19.1 Å². The number of hydrogen-bond acceptors (Lipinski definition) is 5. The first-order valence-electron chi connectivity index (χ1n) is 11.4. The molecule has 33 heavy (non-hydrogen) atoms. The summed E-state index contributed by atoms with van der Waals surface area (Å²) < 4.78 is 25.2. The zero-order valence-corrected chi connectivity index (χ0v) is 19.4. The van der Waals surface area contributed by atoms with Crippen molar-refractivity contribution in [1.82, 2.24) is 10.1 Å². The zero-order valence-electron chi connectivity index (χ0n) is 19.4. The molecule has 6 nitrogen and oxygen atoms in total. The molecule has 2 heterocycles. The summed E-state index contributed by atoms with van der Waals surface area (Å²) in [5.74, 6) is 0.0210. The Bertz CT molecular complexity index is 1110. The fourth-order valence-corrected chi connectivity index (χ4v) is 4.08. The van der Waals surface area contributed by atoms with Gasteiger partial charge in [-0.25, -0.2) is 4.39 Å². The number of morpholine rings is 1. The molecule has 1 aliphatic rings. The minimum Gasteiger partial charge on any atom is -0.378 e. The maximum absolute atomic E-state index is 13.9. The third-order valence-corrected chi connectivity index (χ3v) is 6.14. The molecule has 2 aromatic carbocycles. The van der Waals surface area contributed by atoms with Gasteiger partial charge in [-0.1, -0.05) is 41.9 Å². The zero-order chi connectivity index (χ0) is 23.4. The van der Waals surface area contributed by atoms with Gasteiger partial charge in [0.2, 0.25) is 5.88 Å². The molecular formula is C26H30FN3O3. The van der Waals surface area contributed by atoms with Gasteiger partial charge in [-0.2, -0.15) is 0 Å². The molecule has 1 aromatic heterocycles. The number of amides is 1. The molecule has 7 heteroatoms. The number of halogens is 1. The van der Waals surface area contributed by atoms with Crippen molar-refractivity contribution >= 4 is 11.8 Å². The summed E-state index contributed by atoms with van der Waals surface area (Å²) in [4.78, 5) is 17.4. The fraction of sp³-hybridized carbons (Fsp3) is 0.385. The van der Waals surface area contributed by atoms with E-state index < -0.39 is 5.82 Å². The first-order chi connectivity index (χ1) is 16.0. The van der Waals surface area contributed by atoms with E-state index in [1.165, 1.54) is 12.1 Å². The van der Waals surface area contributed by atoms with Crippen molar-refractivity contribution in [3.05, 3.63) is 71.0 Å². The number of aryl methyl sites for hydroxylation is 1. The topological polar surface area (TPSA) is 58.8 Å². The summed E-state index contributed by atoms with van der Waals surface area (Å²) >= 11 is 0. The number of carbonyl (C=O) groups excluding carboxylic acids is 1. The van der Waals surface area contributed by atoms with E-state index in [1.807, 2.05) is 39.0 Å². The first kappa shape index (κ1) is 23.0. The highest BCUT2D eigenvalue weighted by atomic mass is 19.1. The number of carbonyl (C=O) groups is 1. The Hall–Kier alpha value is -3.19. The van der Waals surface area contributed by atoms with Gasteiger partial charge in [-0.15, -0.1) is 0 Å². The molecule has 4 rings (SSSR count). The lowest BCUT2D eigenvalue weighted by atomic mass is 10.0. The predicted molar refractivity (Wildman–Crippen MR) is 126 cm³/mol. The number of anilines is 1. The second kappa shape index (κ2) is 10.2. The summed E-state index contributed by atoms with van der Waals surface area (Å²) in [5, 5.41) is 4.43. The van der Waals surface area contributed by atoms with E-state index in [0.29, 0.717) is 44.3 Å². The SMILES string of the molecule is CC[C@H](C)N(Cc1c(-c2cccc(C)c2)noc1N1CCOCC1)C(=O)c1cccc(F)c1. The van der Waals surface area contributed by atoms with Crippen molar-refractivity contribution in [2.45, 2.75) is 39.8 Å². The lowest BCUT2D eigenvalue weighted by Crippen LogP contribution is -2.39. The molecule has 0 saturated carbocycles. The highest BCUT2D eigenvalue weighted by molar-refractivity contribution is 5.94. The molecule has 1 fully saturated rings. The number of hydrogen-bond donors (Lipinski definition) is 0. The molecule has 0 radical (unpaired) electrons. The average Bonchev–Trinajstić information content (AvgIpc) is 3.26. The Balaban J connectivity index is 1.76. The standard InChI is InChI=1S/C26H30FN3O3/c1-4-19(3)30(25(31)21-9-6-10-22(27)16-21)17-23-24(20-8-5-7-18(2)15-20)28-33-26(23)29-11-13-32-14-12-29/h5-10,15-16,19H,4,11-14,17H2,1-3H3/t19-/m0/s1. The van der Waals surface area contributed by atoms with Gasteiger partial charge in [0.1, 0.15) is 11.5 Å². The molecule has 1 aliphatic heterocycles. The van der Waals surface area contributed by atoms with E-state index in [4.69, 9.17) is 9.26 Å². The van der Waals surface area contributed by atoms with Gasteiger partial charge in [0.05, 0.1) is 25.3 Å². The van der Waals surface area contributed by atoms with Crippen LogP contribution in [0.2, 0.25) is 0 Å². The maximum atomic E-state index is 13.9. The van der Waals surface area contributed by atoms with E-state index in [0.717, 1.165) is 28.8 Å². The highest BCUT2D eigenvalue weighted by Gasteiger charge is 2.29. The molecule has 0 N–H and O–H groups in total. The van der Waals surface area contributed by atoms with Gasteiger partial charge in [0.25, 0.3) is 5.91 Å². The largest absolute Gasteiger partial charge is 0.378 e. The molecule has 0 unspecified atom stereocenters. The third kappa shape index (κ3) is 5.09. The normalized spacial score (nSPS) is 14.8. The monoisotopic (exact) mass is 451 g/mol. The molecule has 1 saturated heterocycles. The van der Waals surface area contributed by atoms with Crippen LogP contribution in [0.4, 0.5) is 10.3 Å². The van der Waals surface area contributed by atoms with Crippen molar-refractivity contribution in [2.75, 3.05) is 31.2 Å². The van der Waals surface area contributed by atoms with Crippen molar-refractivity contribution in [3.63, 3.8) is 0 Å². The van der Waals surface area contributed by atoms with Crippen molar-refractivity contribution in [1.29, 1.82) is 0 Å². The van der Waals surface area contributed by atoms with E-state index in [-0.39, 0.29) is 11.9 Å². The van der Waals surface area contributed by atoms with Gasteiger partial charge in [0, 0.05) is 30.3 Å². The summed E-state index contributed by atoms with van der Waals surface area (Å²) in [7, 11) is 0. The van der Waals surface area contributed by atoms with Crippen molar-refractivity contribution in [3.8, 4) is 11.3 Å². The Morgan fingerprint density at radius 3 is 2.64 bits per heavy atom. The summed E-state index contributed by atoms with van der Waals surface area (Å²) in [6.45, 7) is 8.98. The molecule has 1 atom stereocenters. The van der Waals surface area contributed by atoms with Gasteiger partial charge >= 0.3 is 0 Å². The summed E-state index contributed by atoms with van der Waals surface area (Å²) in [5.41, 5.74) is 3.96. The van der Waals surface area contributed by atoms with Crippen LogP contribution in [0.15, 0.2) is 53.1 Å². The van der Waals surface area contributed by atoms with Gasteiger partial charge in [-0.3, -0.25) is 4.79 Å². The molecule has 0 bridgehead atoms. The van der Waals surface area contributed by atoms with Crippen LogP contribution in [0.25, 0.3) is 11.3 Å². The Morgan fingerprint density at radius 2 is 1.94 bits per heavy atom. The molecule has 0 spiro atoms. The third-order valence-electron chi connectivity index (χ3n) is 6.14. The van der Waals surface area contributed by atoms with Crippen LogP contribution in [-0.2, 0) is 11.3 Å². The molecule has 174 valence electrons. The van der Waals surface area contributed by atoms with E-state index in [9.17, 15) is 9.18 Å². The summed E-state index contributed by atoms with van der Waals surface area (Å²) in [6.07, 6.45) is 0.763. The van der Waals surface area contributed by atoms with E-state index in [1.54, 1.807) is 17.0 Å². The lowest BCUT2D eigenvalue weighted by Gasteiger charge is -2.31. The van der Waals surface area contributed by atoms with Crippen LogP contribution in [0, 0.1) is 12.7 Å². The van der Waals surface area contributed by atoms with Crippen LogP contribution >= 0.6 is 0 Å². The van der Waals surface area contributed by atoms with Gasteiger partial charge in [0.15, 0.2) is 0 Å². The molecular weight excluding hydrogens is 421 g/mol. The smallest absolute Gasteiger partial charge is 0.254 e. The van der Waals surface area contributed by atoms with Crippen LogP contribution in [0.1, 0.15) is 41.8 Å². The number of ether oxygens (including phenoxy) is 1.